The molecule has 0 unspecified atom stereocenters. The van der Waals surface area contributed by atoms with Crippen molar-refractivity contribution in [3.63, 3.8) is 0 Å². The number of hydrogen-bond acceptors (Lipinski definition) is 3. The van der Waals surface area contributed by atoms with Crippen molar-refractivity contribution in [1.82, 2.24) is 4.72 Å². The maximum atomic E-state index is 11.1. The first-order valence-electron chi connectivity index (χ1n) is 4.16. The van der Waals surface area contributed by atoms with Crippen LogP contribution in [0.15, 0.2) is 11.6 Å². The Hall–Kier alpha value is -0.880. The van der Waals surface area contributed by atoms with Crippen LogP contribution in [0.3, 0.4) is 0 Å². The van der Waals surface area contributed by atoms with Crippen LogP contribution in [0.2, 0.25) is 0 Å². The highest BCUT2D eigenvalue weighted by molar-refractivity contribution is 7.89. The highest BCUT2D eigenvalue weighted by Crippen LogP contribution is 1.91. The lowest BCUT2D eigenvalue weighted by Crippen LogP contribution is -2.27. The molecule has 0 saturated heterocycles. The number of sulfonamides is 1. The van der Waals surface area contributed by atoms with E-state index >= 15 is 0 Å². The highest BCUT2D eigenvalue weighted by atomic mass is 32.2. The fourth-order valence-corrected chi connectivity index (χ4v) is 1.59. The Morgan fingerprint density at radius 2 is 2.00 bits per heavy atom. The SMILES string of the molecule is CC(C)=CCNS(=O)(=O)CCC(=O)O. The Kier molecular flexibility index (Phi) is 5.40. The Morgan fingerprint density at radius 1 is 1.43 bits per heavy atom. The van der Waals surface area contributed by atoms with Crippen LogP contribution in [0.1, 0.15) is 20.3 Å². The average Bonchev–Trinajstić information content (AvgIpc) is 2.00. The van der Waals surface area contributed by atoms with Crippen molar-refractivity contribution >= 4 is 16.0 Å². The van der Waals surface area contributed by atoms with Gasteiger partial charge in [0.2, 0.25) is 10.0 Å². The van der Waals surface area contributed by atoms with Gasteiger partial charge in [0.15, 0.2) is 0 Å². The van der Waals surface area contributed by atoms with Crippen molar-refractivity contribution in [3.8, 4) is 0 Å². The molecule has 0 spiro atoms. The van der Waals surface area contributed by atoms with E-state index in [2.05, 4.69) is 4.72 Å². The van der Waals surface area contributed by atoms with Crippen molar-refractivity contribution in [3.05, 3.63) is 11.6 Å². The van der Waals surface area contributed by atoms with Crippen molar-refractivity contribution in [2.75, 3.05) is 12.3 Å². The minimum Gasteiger partial charge on any atom is -0.481 e. The van der Waals surface area contributed by atoms with Crippen molar-refractivity contribution in [2.24, 2.45) is 0 Å². The summed E-state index contributed by atoms with van der Waals surface area (Å²) in [6.07, 6.45) is 1.35. The standard InChI is InChI=1S/C8H15NO4S/c1-7(2)3-5-9-14(12,13)6-4-8(10)11/h3,9H,4-6H2,1-2H3,(H,10,11). The van der Waals surface area contributed by atoms with Gasteiger partial charge in [-0.25, -0.2) is 13.1 Å². The van der Waals surface area contributed by atoms with Crippen LogP contribution < -0.4 is 4.72 Å². The van der Waals surface area contributed by atoms with Gasteiger partial charge in [0, 0.05) is 6.54 Å². The van der Waals surface area contributed by atoms with Crippen LogP contribution in [0.4, 0.5) is 0 Å². The third-order valence-corrected chi connectivity index (χ3v) is 2.75. The second kappa shape index (κ2) is 5.77. The van der Waals surface area contributed by atoms with Crippen LogP contribution in [0.5, 0.6) is 0 Å². The number of nitrogens with one attached hydrogen (secondary N) is 1. The molecule has 0 aliphatic rings. The number of allylic oxidation sites excluding steroid dienone is 1. The van der Waals surface area contributed by atoms with Gasteiger partial charge in [-0.3, -0.25) is 4.79 Å². The zero-order valence-corrected chi connectivity index (χ0v) is 9.10. The molecular weight excluding hydrogens is 206 g/mol. The molecule has 0 saturated carbocycles. The van der Waals surface area contributed by atoms with E-state index < -0.39 is 16.0 Å². The van der Waals surface area contributed by atoms with E-state index in [1.54, 1.807) is 6.08 Å². The Labute approximate surface area is 83.9 Å². The van der Waals surface area contributed by atoms with Gasteiger partial charge in [-0.1, -0.05) is 11.6 Å². The van der Waals surface area contributed by atoms with E-state index in [1.807, 2.05) is 13.8 Å². The molecular formula is C8H15NO4S. The zero-order valence-electron chi connectivity index (χ0n) is 8.28. The maximum absolute atomic E-state index is 11.1. The molecule has 0 atom stereocenters. The van der Waals surface area contributed by atoms with Crippen molar-refractivity contribution < 1.29 is 18.3 Å². The van der Waals surface area contributed by atoms with Gasteiger partial charge in [-0.2, -0.15) is 0 Å². The van der Waals surface area contributed by atoms with Gasteiger partial charge >= 0.3 is 5.97 Å². The molecule has 5 nitrogen and oxygen atoms in total. The number of carboxylic acid groups (broad SMARTS) is 1. The first-order valence-corrected chi connectivity index (χ1v) is 5.81. The molecule has 0 bridgehead atoms. The van der Waals surface area contributed by atoms with Crippen molar-refractivity contribution in [2.45, 2.75) is 20.3 Å². The summed E-state index contributed by atoms with van der Waals surface area (Å²) in [5.74, 6) is -1.49. The molecule has 0 aromatic rings. The monoisotopic (exact) mass is 221 g/mol. The van der Waals surface area contributed by atoms with Crippen LogP contribution in [-0.2, 0) is 14.8 Å². The molecule has 0 fully saturated rings. The summed E-state index contributed by atoms with van der Waals surface area (Å²) in [6, 6.07) is 0. The molecule has 0 aliphatic heterocycles. The third kappa shape index (κ3) is 7.75. The fourth-order valence-electron chi connectivity index (χ4n) is 0.667. The van der Waals surface area contributed by atoms with E-state index in [4.69, 9.17) is 5.11 Å². The van der Waals surface area contributed by atoms with Crippen LogP contribution >= 0.6 is 0 Å². The molecule has 0 rings (SSSR count). The summed E-state index contributed by atoms with van der Waals surface area (Å²) < 4.78 is 24.5. The topological polar surface area (TPSA) is 83.5 Å². The lowest BCUT2D eigenvalue weighted by Gasteiger charge is -2.02. The second-order valence-electron chi connectivity index (χ2n) is 3.09. The van der Waals surface area contributed by atoms with Crippen molar-refractivity contribution in [1.29, 1.82) is 0 Å². The van der Waals surface area contributed by atoms with Gasteiger partial charge in [0.1, 0.15) is 0 Å². The van der Waals surface area contributed by atoms with E-state index in [9.17, 15) is 13.2 Å². The van der Waals surface area contributed by atoms with Gasteiger partial charge in [0.05, 0.1) is 12.2 Å². The number of hydrogen-bond donors (Lipinski definition) is 2. The molecule has 82 valence electrons. The largest absolute Gasteiger partial charge is 0.481 e. The molecule has 0 radical (unpaired) electrons. The molecule has 0 heterocycles. The van der Waals surface area contributed by atoms with Gasteiger partial charge < -0.3 is 5.11 Å². The van der Waals surface area contributed by atoms with E-state index in [0.717, 1.165) is 5.57 Å². The van der Waals surface area contributed by atoms with E-state index in [1.165, 1.54) is 0 Å². The summed E-state index contributed by atoms with van der Waals surface area (Å²) in [6.45, 7) is 3.92. The Bertz CT molecular complexity index is 314. The fraction of sp³-hybridized carbons (Fsp3) is 0.625. The van der Waals surface area contributed by atoms with Gasteiger partial charge in [-0.15, -0.1) is 0 Å². The molecule has 2 N–H and O–H groups in total. The van der Waals surface area contributed by atoms with Crippen LogP contribution in [0.25, 0.3) is 0 Å². The predicted molar refractivity (Wildman–Crippen MR) is 53.5 cm³/mol. The Balaban J connectivity index is 3.97. The normalized spacial score (nSPS) is 11.0. The molecule has 0 aliphatic carbocycles. The minimum atomic E-state index is -3.45. The number of carbonyl (C=O) groups is 1. The minimum absolute atomic E-state index is 0.213. The first-order chi connectivity index (χ1) is 6.33. The zero-order chi connectivity index (χ0) is 11.2. The molecule has 6 heteroatoms. The predicted octanol–water partition coefficient (Wildman–Crippen LogP) is 0.347. The smallest absolute Gasteiger partial charge is 0.304 e. The number of carboxylic acids is 1. The lowest BCUT2D eigenvalue weighted by molar-refractivity contribution is -0.136. The average molecular weight is 221 g/mol. The van der Waals surface area contributed by atoms with Crippen LogP contribution in [-0.4, -0.2) is 31.8 Å². The molecule has 14 heavy (non-hydrogen) atoms. The molecule has 0 aromatic heterocycles. The molecule has 0 amide bonds. The summed E-state index contributed by atoms with van der Waals surface area (Å²) in [5.41, 5.74) is 1.01. The Morgan fingerprint density at radius 3 is 2.43 bits per heavy atom. The summed E-state index contributed by atoms with van der Waals surface area (Å²) >= 11 is 0. The first kappa shape index (κ1) is 13.1. The molecule has 0 aromatic carbocycles. The van der Waals surface area contributed by atoms with Crippen LogP contribution in [0, 0.1) is 0 Å². The summed E-state index contributed by atoms with van der Waals surface area (Å²) in [4.78, 5) is 10.1. The maximum Gasteiger partial charge on any atom is 0.304 e. The third-order valence-electron chi connectivity index (χ3n) is 1.40. The van der Waals surface area contributed by atoms with Gasteiger partial charge in [0.25, 0.3) is 0 Å². The highest BCUT2D eigenvalue weighted by Gasteiger charge is 2.10. The quantitative estimate of drug-likeness (QED) is 0.634. The van der Waals surface area contributed by atoms with E-state index in [-0.39, 0.29) is 18.7 Å². The number of rotatable bonds is 6. The summed E-state index contributed by atoms with van der Waals surface area (Å²) in [5, 5.41) is 8.29. The summed E-state index contributed by atoms with van der Waals surface area (Å²) in [7, 11) is -3.45. The number of aliphatic carboxylic acids is 1. The van der Waals surface area contributed by atoms with E-state index in [0.29, 0.717) is 0 Å². The van der Waals surface area contributed by atoms with Gasteiger partial charge in [-0.05, 0) is 13.8 Å². The second-order valence-corrected chi connectivity index (χ2v) is 5.02. The lowest BCUT2D eigenvalue weighted by atomic mass is 10.3.